The molecule has 0 aromatic heterocycles. The third kappa shape index (κ3) is 1.68. The third-order valence-corrected chi connectivity index (χ3v) is 4.96. The van der Waals surface area contributed by atoms with Crippen molar-refractivity contribution in [2.75, 3.05) is 12.8 Å². The Morgan fingerprint density at radius 1 is 1.33 bits per heavy atom. The second-order valence-corrected chi connectivity index (χ2v) is 6.07. The van der Waals surface area contributed by atoms with Crippen LogP contribution in [0.4, 0.5) is 0 Å². The van der Waals surface area contributed by atoms with Gasteiger partial charge in [0.25, 0.3) is 0 Å². The Hall–Kier alpha value is -0.870. The minimum atomic E-state index is -3.07. The number of nitrogens with one attached hydrogen (secondary N) is 1. The predicted octanol–water partition coefficient (Wildman–Crippen LogP) is 1.37. The molecule has 0 radical (unpaired) electrons. The van der Waals surface area contributed by atoms with Gasteiger partial charge in [-0.2, -0.15) is 0 Å². The van der Waals surface area contributed by atoms with Crippen LogP contribution in [0.15, 0.2) is 29.2 Å². The molecular weight excluding hydrogens is 210 g/mol. The van der Waals surface area contributed by atoms with Gasteiger partial charge in [-0.25, -0.2) is 8.42 Å². The van der Waals surface area contributed by atoms with Gasteiger partial charge >= 0.3 is 0 Å². The van der Waals surface area contributed by atoms with Gasteiger partial charge in [-0.1, -0.05) is 25.1 Å². The first-order chi connectivity index (χ1) is 7.06. The molecule has 4 heteroatoms. The first kappa shape index (κ1) is 10.6. The molecule has 1 aliphatic rings. The molecule has 2 unspecified atom stereocenters. The molecule has 1 aromatic carbocycles. The molecule has 0 aliphatic carbocycles. The standard InChI is InChI=1S/C11H15NO2S/c1-8-7-15(13,14)10-6-4-3-5-9(10)11(8)12-2/h3-6,8,11-12H,7H2,1-2H3. The van der Waals surface area contributed by atoms with Gasteiger partial charge in [0.15, 0.2) is 9.84 Å². The van der Waals surface area contributed by atoms with Gasteiger partial charge in [-0.15, -0.1) is 0 Å². The van der Waals surface area contributed by atoms with Crippen molar-refractivity contribution in [3.63, 3.8) is 0 Å². The molecule has 1 N–H and O–H groups in total. The average molecular weight is 225 g/mol. The monoisotopic (exact) mass is 225 g/mol. The fourth-order valence-electron chi connectivity index (χ4n) is 2.30. The van der Waals surface area contributed by atoms with Gasteiger partial charge in [0, 0.05) is 6.04 Å². The Morgan fingerprint density at radius 2 is 2.00 bits per heavy atom. The highest BCUT2D eigenvalue weighted by atomic mass is 32.2. The van der Waals surface area contributed by atoms with Crippen LogP contribution in [-0.4, -0.2) is 21.2 Å². The van der Waals surface area contributed by atoms with Gasteiger partial charge in [0.1, 0.15) is 0 Å². The summed E-state index contributed by atoms with van der Waals surface area (Å²) in [6.45, 7) is 1.97. The largest absolute Gasteiger partial charge is 0.313 e. The molecule has 2 rings (SSSR count). The van der Waals surface area contributed by atoms with Crippen LogP contribution in [0, 0.1) is 5.92 Å². The summed E-state index contributed by atoms with van der Waals surface area (Å²) in [6, 6.07) is 7.39. The Bertz CT molecular complexity index is 467. The zero-order valence-corrected chi connectivity index (χ0v) is 9.71. The van der Waals surface area contributed by atoms with Gasteiger partial charge in [-0.3, -0.25) is 0 Å². The van der Waals surface area contributed by atoms with E-state index in [0.717, 1.165) is 5.56 Å². The van der Waals surface area contributed by atoms with E-state index in [4.69, 9.17) is 0 Å². The van der Waals surface area contributed by atoms with Crippen molar-refractivity contribution in [1.29, 1.82) is 0 Å². The SMILES string of the molecule is CNC1c2ccccc2S(=O)(=O)CC1C. The molecule has 1 aliphatic heterocycles. The van der Waals surface area contributed by atoms with Crippen molar-refractivity contribution >= 4 is 9.84 Å². The van der Waals surface area contributed by atoms with Crippen LogP contribution in [0.2, 0.25) is 0 Å². The van der Waals surface area contributed by atoms with E-state index in [1.54, 1.807) is 12.1 Å². The number of fused-ring (bicyclic) bond motifs is 1. The van der Waals surface area contributed by atoms with Crippen LogP contribution in [0.1, 0.15) is 18.5 Å². The van der Waals surface area contributed by atoms with E-state index < -0.39 is 9.84 Å². The highest BCUT2D eigenvalue weighted by molar-refractivity contribution is 7.91. The van der Waals surface area contributed by atoms with Crippen molar-refractivity contribution in [2.24, 2.45) is 5.92 Å². The number of sulfone groups is 1. The molecule has 15 heavy (non-hydrogen) atoms. The quantitative estimate of drug-likeness (QED) is 0.785. The van der Waals surface area contributed by atoms with Crippen molar-refractivity contribution in [3.05, 3.63) is 29.8 Å². The molecule has 1 heterocycles. The maximum atomic E-state index is 11.9. The van der Waals surface area contributed by atoms with Crippen LogP contribution in [0.5, 0.6) is 0 Å². The summed E-state index contributed by atoms with van der Waals surface area (Å²) in [5.74, 6) is 0.352. The summed E-state index contributed by atoms with van der Waals surface area (Å²) in [6.07, 6.45) is 0. The summed E-state index contributed by atoms with van der Waals surface area (Å²) >= 11 is 0. The number of hydrogen-bond acceptors (Lipinski definition) is 3. The smallest absolute Gasteiger partial charge is 0.179 e. The van der Waals surface area contributed by atoms with E-state index in [-0.39, 0.29) is 17.7 Å². The maximum absolute atomic E-state index is 11.9. The van der Waals surface area contributed by atoms with Crippen LogP contribution in [0.3, 0.4) is 0 Å². The first-order valence-corrected chi connectivity index (χ1v) is 6.70. The zero-order valence-electron chi connectivity index (χ0n) is 8.90. The second kappa shape index (κ2) is 3.61. The van der Waals surface area contributed by atoms with E-state index in [9.17, 15) is 8.42 Å². The average Bonchev–Trinajstić information content (AvgIpc) is 2.17. The molecule has 3 nitrogen and oxygen atoms in total. The number of rotatable bonds is 1. The Morgan fingerprint density at radius 3 is 2.67 bits per heavy atom. The number of hydrogen-bond donors (Lipinski definition) is 1. The molecule has 2 atom stereocenters. The van der Waals surface area contributed by atoms with Crippen LogP contribution in [-0.2, 0) is 9.84 Å². The van der Waals surface area contributed by atoms with Crippen molar-refractivity contribution in [2.45, 2.75) is 17.9 Å². The highest BCUT2D eigenvalue weighted by Gasteiger charge is 2.34. The molecule has 0 amide bonds. The lowest BCUT2D eigenvalue weighted by Gasteiger charge is -2.30. The predicted molar refractivity (Wildman–Crippen MR) is 59.5 cm³/mol. The normalized spacial score (nSPS) is 28.4. The van der Waals surface area contributed by atoms with Gasteiger partial charge in [0.2, 0.25) is 0 Å². The van der Waals surface area contributed by atoms with E-state index in [0.29, 0.717) is 4.90 Å². The summed E-state index contributed by atoms with van der Waals surface area (Å²) in [7, 11) is -1.20. The molecule has 0 fully saturated rings. The maximum Gasteiger partial charge on any atom is 0.179 e. The molecule has 0 saturated heterocycles. The fourth-order valence-corrected chi connectivity index (χ4v) is 4.20. The minimum absolute atomic E-state index is 0.120. The van der Waals surface area contributed by atoms with Crippen LogP contribution < -0.4 is 5.32 Å². The highest BCUT2D eigenvalue weighted by Crippen LogP contribution is 2.35. The van der Waals surface area contributed by atoms with E-state index >= 15 is 0 Å². The summed E-state index contributed by atoms with van der Waals surface area (Å²) < 4.78 is 23.8. The van der Waals surface area contributed by atoms with Crippen LogP contribution >= 0.6 is 0 Å². The van der Waals surface area contributed by atoms with Crippen molar-refractivity contribution < 1.29 is 8.42 Å². The van der Waals surface area contributed by atoms with Crippen LogP contribution in [0.25, 0.3) is 0 Å². The Labute approximate surface area is 90.4 Å². The van der Waals surface area contributed by atoms with E-state index in [1.807, 2.05) is 26.1 Å². The lowest BCUT2D eigenvalue weighted by Crippen LogP contribution is -2.34. The van der Waals surface area contributed by atoms with Crippen molar-refractivity contribution in [1.82, 2.24) is 5.32 Å². The summed E-state index contributed by atoms with van der Waals surface area (Å²) in [4.78, 5) is 0.488. The molecule has 0 saturated carbocycles. The van der Waals surface area contributed by atoms with E-state index in [2.05, 4.69) is 5.32 Å². The van der Waals surface area contributed by atoms with Gasteiger partial charge in [-0.05, 0) is 24.6 Å². The fraction of sp³-hybridized carbons (Fsp3) is 0.455. The van der Waals surface area contributed by atoms with Gasteiger partial charge < -0.3 is 5.32 Å². The first-order valence-electron chi connectivity index (χ1n) is 5.05. The lowest BCUT2D eigenvalue weighted by molar-refractivity contribution is 0.421. The third-order valence-electron chi connectivity index (χ3n) is 2.95. The van der Waals surface area contributed by atoms with E-state index in [1.165, 1.54) is 0 Å². The number of benzene rings is 1. The summed E-state index contributed by atoms with van der Waals surface area (Å²) in [5, 5.41) is 3.18. The summed E-state index contributed by atoms with van der Waals surface area (Å²) in [5.41, 5.74) is 0.902. The van der Waals surface area contributed by atoms with Crippen molar-refractivity contribution in [3.8, 4) is 0 Å². The molecule has 0 spiro atoms. The molecule has 0 bridgehead atoms. The topological polar surface area (TPSA) is 46.2 Å². The van der Waals surface area contributed by atoms with Gasteiger partial charge in [0.05, 0.1) is 10.6 Å². The second-order valence-electron chi connectivity index (χ2n) is 4.06. The molecule has 1 aromatic rings. The lowest BCUT2D eigenvalue weighted by atomic mass is 9.95. The molecular formula is C11H15NO2S. The molecule has 82 valence electrons. The Balaban J connectivity index is 2.64. The minimum Gasteiger partial charge on any atom is -0.313 e. The zero-order chi connectivity index (χ0) is 11.1. The Kier molecular flexibility index (Phi) is 2.56.